The molecule has 0 N–H and O–H groups in total. The van der Waals surface area contributed by atoms with Crippen molar-refractivity contribution in [3.8, 4) is 11.1 Å². The molecule has 1 fully saturated rings. The van der Waals surface area contributed by atoms with Crippen molar-refractivity contribution < 1.29 is 0 Å². The van der Waals surface area contributed by atoms with Crippen molar-refractivity contribution in [3.05, 3.63) is 58.1 Å². The van der Waals surface area contributed by atoms with E-state index in [9.17, 15) is 0 Å². The lowest BCUT2D eigenvalue weighted by Gasteiger charge is -2.35. The summed E-state index contributed by atoms with van der Waals surface area (Å²) in [7, 11) is 0. The maximum absolute atomic E-state index is 3.63. The molecule has 0 aliphatic heterocycles. The molecule has 96 valence electrons. The first kappa shape index (κ1) is 11.7. The Morgan fingerprint density at radius 2 is 1.53 bits per heavy atom. The maximum atomic E-state index is 3.63. The van der Waals surface area contributed by atoms with Gasteiger partial charge in [0, 0.05) is 9.89 Å². The second-order valence-corrected chi connectivity index (χ2v) is 6.79. The molecule has 19 heavy (non-hydrogen) atoms. The Bertz CT molecular complexity index is 636. The summed E-state index contributed by atoms with van der Waals surface area (Å²) in [6.07, 6.45) is 6.76. The van der Waals surface area contributed by atoms with Crippen LogP contribution in [0.3, 0.4) is 0 Å². The van der Waals surface area contributed by atoms with E-state index in [1.54, 1.807) is 11.1 Å². The van der Waals surface area contributed by atoms with Gasteiger partial charge in [-0.15, -0.1) is 0 Å². The first-order valence-electron chi connectivity index (χ1n) is 7.21. The van der Waals surface area contributed by atoms with Gasteiger partial charge in [-0.1, -0.05) is 65.5 Å². The molecule has 0 atom stereocenters. The lowest BCUT2D eigenvalue weighted by molar-refractivity contribution is 0.353. The number of hydrogen-bond donors (Lipinski definition) is 0. The normalized spacial score (nSPS) is 19.2. The summed E-state index contributed by atoms with van der Waals surface area (Å²) < 4.78 is 1.19. The Kier molecular flexibility index (Phi) is 2.60. The van der Waals surface area contributed by atoms with Gasteiger partial charge in [-0.3, -0.25) is 0 Å². The van der Waals surface area contributed by atoms with Gasteiger partial charge in [-0.25, -0.2) is 0 Å². The first-order chi connectivity index (χ1) is 9.31. The highest BCUT2D eigenvalue weighted by Crippen LogP contribution is 2.55. The largest absolute Gasteiger partial charge is 0.0619 e. The van der Waals surface area contributed by atoms with Crippen LogP contribution in [0.5, 0.6) is 0 Å². The van der Waals surface area contributed by atoms with E-state index in [4.69, 9.17) is 0 Å². The fourth-order valence-corrected chi connectivity index (χ4v) is 4.49. The Balaban J connectivity index is 2.03. The van der Waals surface area contributed by atoms with Crippen LogP contribution in [0.4, 0.5) is 0 Å². The van der Waals surface area contributed by atoms with E-state index in [0.717, 1.165) is 0 Å². The fourth-order valence-electron chi connectivity index (χ4n) is 4.13. The van der Waals surface area contributed by atoms with Crippen molar-refractivity contribution in [1.29, 1.82) is 0 Å². The third-order valence-electron chi connectivity index (χ3n) is 4.94. The van der Waals surface area contributed by atoms with Gasteiger partial charge < -0.3 is 0 Å². The van der Waals surface area contributed by atoms with E-state index in [2.05, 4.69) is 58.4 Å². The average molecular weight is 313 g/mol. The van der Waals surface area contributed by atoms with Crippen LogP contribution in [0.15, 0.2) is 46.9 Å². The van der Waals surface area contributed by atoms with Crippen molar-refractivity contribution in [3.63, 3.8) is 0 Å². The zero-order valence-corrected chi connectivity index (χ0v) is 12.5. The van der Waals surface area contributed by atoms with Gasteiger partial charge in [0.1, 0.15) is 0 Å². The van der Waals surface area contributed by atoms with Crippen LogP contribution in [-0.2, 0) is 5.41 Å². The maximum Gasteiger partial charge on any atom is 0.0215 e. The smallest absolute Gasteiger partial charge is 0.0215 e. The molecule has 4 rings (SSSR count). The molecule has 0 radical (unpaired) electrons. The van der Waals surface area contributed by atoms with Gasteiger partial charge in [0.2, 0.25) is 0 Å². The van der Waals surface area contributed by atoms with E-state index >= 15 is 0 Å². The molecule has 0 amide bonds. The van der Waals surface area contributed by atoms with Crippen LogP contribution in [-0.4, -0.2) is 0 Å². The van der Waals surface area contributed by atoms with Crippen molar-refractivity contribution in [2.45, 2.75) is 37.5 Å². The van der Waals surface area contributed by atoms with Gasteiger partial charge in [-0.05, 0) is 47.2 Å². The van der Waals surface area contributed by atoms with Crippen molar-refractivity contribution in [1.82, 2.24) is 0 Å². The number of hydrogen-bond acceptors (Lipinski definition) is 0. The highest BCUT2D eigenvalue weighted by molar-refractivity contribution is 9.10. The van der Waals surface area contributed by atoms with Gasteiger partial charge in [0.25, 0.3) is 0 Å². The highest BCUT2D eigenvalue weighted by Gasteiger charge is 2.43. The second kappa shape index (κ2) is 4.21. The van der Waals surface area contributed by atoms with Crippen LogP contribution >= 0.6 is 15.9 Å². The first-order valence-corrected chi connectivity index (χ1v) is 8.00. The molecular formula is C18H17Br. The minimum Gasteiger partial charge on any atom is -0.0619 e. The molecule has 0 unspecified atom stereocenters. The fraction of sp³-hybridized carbons (Fsp3) is 0.333. The summed E-state index contributed by atoms with van der Waals surface area (Å²) in [5.41, 5.74) is 6.36. The number of fused-ring (bicyclic) bond motifs is 5. The molecule has 0 heterocycles. The monoisotopic (exact) mass is 312 g/mol. The summed E-state index contributed by atoms with van der Waals surface area (Å²) in [4.78, 5) is 0. The molecule has 1 spiro atoms. The number of rotatable bonds is 0. The molecule has 0 saturated heterocycles. The van der Waals surface area contributed by atoms with E-state index in [0.29, 0.717) is 5.41 Å². The van der Waals surface area contributed by atoms with Crippen LogP contribution in [0.2, 0.25) is 0 Å². The Morgan fingerprint density at radius 3 is 2.37 bits per heavy atom. The third kappa shape index (κ3) is 1.57. The number of benzene rings is 2. The molecule has 1 saturated carbocycles. The summed E-state index contributed by atoms with van der Waals surface area (Å²) in [6.45, 7) is 0. The highest BCUT2D eigenvalue weighted by atomic mass is 79.9. The van der Waals surface area contributed by atoms with Gasteiger partial charge in [0.15, 0.2) is 0 Å². The lowest BCUT2D eigenvalue weighted by Crippen LogP contribution is -2.27. The van der Waals surface area contributed by atoms with Crippen molar-refractivity contribution in [2.24, 2.45) is 0 Å². The van der Waals surface area contributed by atoms with Crippen molar-refractivity contribution in [2.75, 3.05) is 0 Å². The molecule has 2 aromatic rings. The van der Waals surface area contributed by atoms with Crippen LogP contribution in [0.1, 0.15) is 43.2 Å². The summed E-state index contributed by atoms with van der Waals surface area (Å²) >= 11 is 3.63. The van der Waals surface area contributed by atoms with E-state index in [-0.39, 0.29) is 0 Å². The topological polar surface area (TPSA) is 0 Å². The van der Waals surface area contributed by atoms with E-state index in [1.165, 1.54) is 47.7 Å². The molecule has 0 nitrogen and oxygen atoms in total. The quantitative estimate of drug-likeness (QED) is 0.587. The predicted molar refractivity (Wildman–Crippen MR) is 83.4 cm³/mol. The second-order valence-electron chi connectivity index (χ2n) is 5.88. The van der Waals surface area contributed by atoms with Gasteiger partial charge in [-0.2, -0.15) is 0 Å². The van der Waals surface area contributed by atoms with Crippen LogP contribution in [0.25, 0.3) is 11.1 Å². The summed E-state index contributed by atoms with van der Waals surface area (Å²) in [6, 6.07) is 15.9. The SMILES string of the molecule is Brc1ccc2c(c1)-c1ccccc1C21CCCCC1. The molecule has 2 aliphatic carbocycles. The molecule has 0 bridgehead atoms. The Hall–Kier alpha value is -1.08. The molecule has 1 heteroatoms. The summed E-state index contributed by atoms with van der Waals surface area (Å²) in [5.74, 6) is 0. The third-order valence-corrected chi connectivity index (χ3v) is 5.43. The summed E-state index contributed by atoms with van der Waals surface area (Å²) in [5, 5.41) is 0. The zero-order valence-electron chi connectivity index (χ0n) is 11.0. The van der Waals surface area contributed by atoms with E-state index in [1.807, 2.05) is 0 Å². The molecule has 2 aromatic carbocycles. The lowest BCUT2D eigenvalue weighted by atomic mass is 9.68. The van der Waals surface area contributed by atoms with Crippen LogP contribution in [0, 0.1) is 0 Å². The van der Waals surface area contributed by atoms with Crippen LogP contribution < -0.4 is 0 Å². The predicted octanol–water partition coefficient (Wildman–Crippen LogP) is 5.68. The minimum atomic E-state index is 0.310. The average Bonchev–Trinajstić information content (AvgIpc) is 2.71. The number of halogens is 1. The van der Waals surface area contributed by atoms with E-state index < -0.39 is 0 Å². The zero-order chi connectivity index (χ0) is 12.9. The Labute approximate surface area is 123 Å². The van der Waals surface area contributed by atoms with Crippen molar-refractivity contribution >= 4 is 15.9 Å². The molecule has 2 aliphatic rings. The minimum absolute atomic E-state index is 0.310. The Morgan fingerprint density at radius 1 is 0.789 bits per heavy atom. The molecular weight excluding hydrogens is 296 g/mol. The molecule has 0 aromatic heterocycles. The standard InChI is InChI=1S/C18H17Br/c19-13-8-9-17-15(12-13)14-6-2-3-7-16(14)18(17)10-4-1-5-11-18/h2-3,6-9,12H,1,4-5,10-11H2. The van der Waals surface area contributed by atoms with Gasteiger partial charge >= 0.3 is 0 Å². The van der Waals surface area contributed by atoms with Gasteiger partial charge in [0.05, 0.1) is 0 Å².